The third kappa shape index (κ3) is 4.80. The number of rotatable bonds is 5. The second-order valence-electron chi connectivity index (χ2n) is 5.59. The van der Waals surface area contributed by atoms with Crippen LogP contribution in [0.25, 0.3) is 0 Å². The minimum atomic E-state index is -0.398. The Hall–Kier alpha value is -1.06. The fourth-order valence-corrected chi connectivity index (χ4v) is 2.80. The van der Waals surface area contributed by atoms with E-state index in [2.05, 4.69) is 4.90 Å². The van der Waals surface area contributed by atoms with Crippen molar-refractivity contribution in [2.45, 2.75) is 45.1 Å². The van der Waals surface area contributed by atoms with Crippen LogP contribution in [0.1, 0.15) is 50.7 Å². The molecule has 1 aliphatic heterocycles. The van der Waals surface area contributed by atoms with Crippen LogP contribution >= 0.6 is 0 Å². The molecular weight excluding hydrogens is 250 g/mol. The molecule has 1 aromatic rings. The summed E-state index contributed by atoms with van der Waals surface area (Å²) in [6.45, 7) is 5.64. The second-order valence-corrected chi connectivity index (χ2v) is 5.59. The van der Waals surface area contributed by atoms with Gasteiger partial charge in [0.05, 0.1) is 12.7 Å². The molecule has 0 saturated carbocycles. The molecule has 0 radical (unpaired) electrons. The highest BCUT2D eigenvalue weighted by molar-refractivity contribution is 5.28. The van der Waals surface area contributed by atoms with Crippen molar-refractivity contribution in [2.24, 2.45) is 0 Å². The number of hydrogen-bond donors (Lipinski definition) is 1. The molecule has 112 valence electrons. The maximum atomic E-state index is 10.4. The number of hydrogen-bond acceptors (Lipinski definition) is 3. The van der Waals surface area contributed by atoms with E-state index >= 15 is 0 Å². The van der Waals surface area contributed by atoms with Crippen LogP contribution in [0.4, 0.5) is 0 Å². The van der Waals surface area contributed by atoms with Crippen molar-refractivity contribution in [3.8, 4) is 5.75 Å². The predicted molar refractivity (Wildman–Crippen MR) is 82.1 cm³/mol. The third-order valence-electron chi connectivity index (χ3n) is 3.96. The van der Waals surface area contributed by atoms with E-state index in [1.807, 2.05) is 31.2 Å². The van der Waals surface area contributed by atoms with Crippen molar-refractivity contribution in [1.29, 1.82) is 0 Å². The lowest BCUT2D eigenvalue weighted by atomic mass is 10.1. The molecule has 1 atom stereocenters. The van der Waals surface area contributed by atoms with E-state index in [4.69, 9.17) is 4.74 Å². The number of benzene rings is 1. The zero-order valence-corrected chi connectivity index (χ0v) is 12.6. The standard InChI is InChI=1S/C17H27NO2/c1-2-20-16-10-8-15(9-11-16)17(19)14-18-12-6-4-3-5-7-13-18/h8-11,17,19H,2-7,12-14H2,1H3. The van der Waals surface area contributed by atoms with Crippen LogP contribution in [0.3, 0.4) is 0 Å². The summed E-state index contributed by atoms with van der Waals surface area (Å²) < 4.78 is 5.43. The largest absolute Gasteiger partial charge is 0.494 e. The number of aliphatic hydroxyl groups excluding tert-OH is 1. The molecule has 0 aromatic heterocycles. The lowest BCUT2D eigenvalue weighted by Crippen LogP contribution is -2.31. The topological polar surface area (TPSA) is 32.7 Å². The first-order valence-electron chi connectivity index (χ1n) is 7.93. The van der Waals surface area contributed by atoms with Crippen molar-refractivity contribution in [3.63, 3.8) is 0 Å². The zero-order chi connectivity index (χ0) is 14.2. The van der Waals surface area contributed by atoms with Crippen LogP contribution in [0.15, 0.2) is 24.3 Å². The fourth-order valence-electron chi connectivity index (χ4n) is 2.80. The van der Waals surface area contributed by atoms with Gasteiger partial charge in [-0.1, -0.05) is 31.4 Å². The monoisotopic (exact) mass is 277 g/mol. The van der Waals surface area contributed by atoms with Crippen molar-refractivity contribution < 1.29 is 9.84 Å². The van der Waals surface area contributed by atoms with Crippen molar-refractivity contribution >= 4 is 0 Å². The zero-order valence-electron chi connectivity index (χ0n) is 12.6. The Labute approximate surface area is 122 Å². The molecule has 0 amide bonds. The summed E-state index contributed by atoms with van der Waals surface area (Å²) in [7, 11) is 0. The number of likely N-dealkylation sites (tertiary alicyclic amines) is 1. The van der Waals surface area contributed by atoms with E-state index in [-0.39, 0.29) is 0 Å². The van der Waals surface area contributed by atoms with Crippen molar-refractivity contribution in [2.75, 3.05) is 26.2 Å². The highest BCUT2D eigenvalue weighted by Crippen LogP contribution is 2.20. The lowest BCUT2D eigenvalue weighted by molar-refractivity contribution is 0.108. The Kier molecular flexibility index (Phi) is 6.34. The molecule has 20 heavy (non-hydrogen) atoms. The Balaban J connectivity index is 1.87. The van der Waals surface area contributed by atoms with Crippen LogP contribution < -0.4 is 4.74 Å². The summed E-state index contributed by atoms with van der Waals surface area (Å²) in [4.78, 5) is 2.40. The summed E-state index contributed by atoms with van der Waals surface area (Å²) in [6, 6.07) is 7.82. The first-order valence-corrected chi connectivity index (χ1v) is 7.93. The highest BCUT2D eigenvalue weighted by atomic mass is 16.5. The fraction of sp³-hybridized carbons (Fsp3) is 0.647. The molecule has 0 aliphatic carbocycles. The number of ether oxygens (including phenoxy) is 1. The van der Waals surface area contributed by atoms with Gasteiger partial charge in [-0.3, -0.25) is 0 Å². The molecule has 1 fully saturated rings. The molecular formula is C17H27NO2. The van der Waals surface area contributed by atoms with Gasteiger partial charge >= 0.3 is 0 Å². The normalized spacial score (nSPS) is 19.1. The second kappa shape index (κ2) is 8.28. The Morgan fingerprint density at radius 2 is 1.65 bits per heavy atom. The van der Waals surface area contributed by atoms with Gasteiger partial charge in [0.2, 0.25) is 0 Å². The van der Waals surface area contributed by atoms with Crippen LogP contribution in [0.5, 0.6) is 5.75 Å². The quantitative estimate of drug-likeness (QED) is 0.895. The van der Waals surface area contributed by atoms with Gasteiger partial charge in [-0.05, 0) is 50.6 Å². The van der Waals surface area contributed by atoms with E-state index in [0.717, 1.165) is 30.9 Å². The Bertz CT molecular complexity index is 369. The summed E-state index contributed by atoms with van der Waals surface area (Å²) >= 11 is 0. The highest BCUT2D eigenvalue weighted by Gasteiger charge is 2.14. The maximum Gasteiger partial charge on any atom is 0.119 e. The van der Waals surface area contributed by atoms with Crippen LogP contribution in [-0.2, 0) is 0 Å². The van der Waals surface area contributed by atoms with Gasteiger partial charge in [0, 0.05) is 6.54 Å². The SMILES string of the molecule is CCOc1ccc(C(O)CN2CCCCCCC2)cc1. The van der Waals surface area contributed by atoms with E-state index < -0.39 is 6.10 Å². The average molecular weight is 277 g/mol. The molecule has 0 bridgehead atoms. The van der Waals surface area contributed by atoms with Crippen LogP contribution in [-0.4, -0.2) is 36.2 Å². The molecule has 3 nitrogen and oxygen atoms in total. The number of aliphatic hydroxyl groups is 1. The molecule has 1 saturated heterocycles. The van der Waals surface area contributed by atoms with Gasteiger partial charge in [-0.2, -0.15) is 0 Å². The Morgan fingerprint density at radius 1 is 1.05 bits per heavy atom. The van der Waals surface area contributed by atoms with E-state index in [1.165, 1.54) is 32.1 Å². The molecule has 1 aromatic carbocycles. The number of nitrogens with zero attached hydrogens (tertiary/aromatic N) is 1. The molecule has 3 heteroatoms. The summed E-state index contributed by atoms with van der Waals surface area (Å²) in [5.74, 6) is 0.870. The van der Waals surface area contributed by atoms with E-state index in [0.29, 0.717) is 6.61 Å². The first-order chi connectivity index (χ1) is 9.79. The van der Waals surface area contributed by atoms with Gasteiger partial charge in [-0.15, -0.1) is 0 Å². The molecule has 1 heterocycles. The van der Waals surface area contributed by atoms with Gasteiger partial charge in [0.25, 0.3) is 0 Å². The van der Waals surface area contributed by atoms with Gasteiger partial charge in [0.15, 0.2) is 0 Å². The Morgan fingerprint density at radius 3 is 2.25 bits per heavy atom. The van der Waals surface area contributed by atoms with Gasteiger partial charge in [0.1, 0.15) is 5.75 Å². The van der Waals surface area contributed by atoms with Crippen LogP contribution in [0.2, 0.25) is 0 Å². The predicted octanol–water partition coefficient (Wildman–Crippen LogP) is 3.38. The molecule has 1 unspecified atom stereocenters. The molecule has 2 rings (SSSR count). The van der Waals surface area contributed by atoms with Crippen molar-refractivity contribution in [1.82, 2.24) is 4.90 Å². The summed E-state index contributed by atoms with van der Waals surface area (Å²) in [6.07, 6.45) is 6.15. The first kappa shape index (κ1) is 15.3. The van der Waals surface area contributed by atoms with Crippen LogP contribution in [0, 0.1) is 0 Å². The summed E-state index contributed by atoms with van der Waals surface area (Å²) in [5, 5.41) is 10.4. The third-order valence-corrected chi connectivity index (χ3v) is 3.96. The minimum Gasteiger partial charge on any atom is -0.494 e. The molecule has 1 N–H and O–H groups in total. The number of β-amino-alcohol motifs (C(OH)–C–C–N with tert-alkyl or cyclic N) is 1. The van der Waals surface area contributed by atoms with Crippen molar-refractivity contribution in [3.05, 3.63) is 29.8 Å². The minimum absolute atomic E-state index is 0.398. The van der Waals surface area contributed by atoms with E-state index in [1.54, 1.807) is 0 Å². The molecule has 0 spiro atoms. The summed E-state index contributed by atoms with van der Waals surface area (Å²) in [5.41, 5.74) is 0.982. The maximum absolute atomic E-state index is 10.4. The lowest BCUT2D eigenvalue weighted by Gasteiger charge is -2.27. The smallest absolute Gasteiger partial charge is 0.119 e. The van der Waals surface area contributed by atoms with E-state index in [9.17, 15) is 5.11 Å². The molecule has 1 aliphatic rings. The van der Waals surface area contributed by atoms with Gasteiger partial charge < -0.3 is 14.7 Å². The average Bonchev–Trinajstić information content (AvgIpc) is 2.43. The van der Waals surface area contributed by atoms with Gasteiger partial charge in [-0.25, -0.2) is 0 Å².